The number of hydrogen-bond acceptors (Lipinski definition) is 8. The molecule has 2 aliphatic heterocycles. The number of aliphatic hydroxyl groups excluding tert-OH is 1. The van der Waals surface area contributed by atoms with Crippen LogP contribution in [0.15, 0.2) is 36.9 Å². The highest BCUT2D eigenvalue weighted by Gasteiger charge is 2.56. The molecule has 2 aromatic heterocycles. The van der Waals surface area contributed by atoms with Crippen LogP contribution >= 0.6 is 0 Å². The average molecular weight is 439 g/mol. The fraction of sp³-hybridized carbons (Fsp3) is 0.565. The number of hydrogen-bond donors (Lipinski definition) is 1. The molecule has 3 fully saturated rings. The smallest absolute Gasteiger partial charge is 0.409 e. The Morgan fingerprint density at radius 1 is 1.19 bits per heavy atom. The third-order valence-electron chi connectivity index (χ3n) is 7.14. The Morgan fingerprint density at radius 2 is 2.00 bits per heavy atom. The SMILES string of the molecule is CCOC(=O)N1CC2(CC(N3CCN(c4ncccc4-c4cnccn4)CC3)CC2O)C1. The van der Waals surface area contributed by atoms with Crippen LogP contribution in [-0.2, 0) is 4.74 Å². The lowest BCUT2D eigenvalue weighted by atomic mass is 9.76. The van der Waals surface area contributed by atoms with Gasteiger partial charge in [0.2, 0.25) is 0 Å². The number of nitrogens with zero attached hydrogens (tertiary/aromatic N) is 6. The lowest BCUT2D eigenvalue weighted by Crippen LogP contribution is -2.62. The first kappa shape index (κ1) is 21.1. The Kier molecular flexibility index (Phi) is 5.69. The second-order valence-corrected chi connectivity index (χ2v) is 9.02. The number of pyridine rings is 1. The summed E-state index contributed by atoms with van der Waals surface area (Å²) in [7, 11) is 0. The van der Waals surface area contributed by atoms with Gasteiger partial charge in [-0.05, 0) is 31.9 Å². The number of likely N-dealkylation sites (tertiary alicyclic amines) is 1. The summed E-state index contributed by atoms with van der Waals surface area (Å²) in [5.74, 6) is 0.944. The monoisotopic (exact) mass is 438 g/mol. The van der Waals surface area contributed by atoms with Crippen LogP contribution in [0.4, 0.5) is 10.6 Å². The van der Waals surface area contributed by atoms with Crippen molar-refractivity contribution in [3.63, 3.8) is 0 Å². The zero-order valence-corrected chi connectivity index (χ0v) is 18.4. The summed E-state index contributed by atoms with van der Waals surface area (Å²) < 4.78 is 5.10. The molecule has 32 heavy (non-hydrogen) atoms. The van der Waals surface area contributed by atoms with Crippen LogP contribution in [0.5, 0.6) is 0 Å². The number of rotatable bonds is 4. The highest BCUT2D eigenvalue weighted by atomic mass is 16.6. The van der Waals surface area contributed by atoms with E-state index < -0.39 is 0 Å². The van der Waals surface area contributed by atoms with E-state index in [4.69, 9.17) is 4.74 Å². The summed E-state index contributed by atoms with van der Waals surface area (Å²) >= 11 is 0. The van der Waals surface area contributed by atoms with Gasteiger partial charge in [0, 0.05) is 74.9 Å². The molecule has 0 bridgehead atoms. The Labute approximate surface area is 188 Å². The fourth-order valence-electron chi connectivity index (χ4n) is 5.46. The summed E-state index contributed by atoms with van der Waals surface area (Å²) in [6.45, 7) is 6.98. The molecule has 9 heteroatoms. The maximum absolute atomic E-state index is 11.9. The van der Waals surface area contributed by atoms with Crippen molar-refractivity contribution in [3.05, 3.63) is 36.9 Å². The minimum Gasteiger partial charge on any atom is -0.450 e. The normalized spacial score (nSPS) is 25.1. The maximum atomic E-state index is 11.9. The first-order valence-corrected chi connectivity index (χ1v) is 11.4. The summed E-state index contributed by atoms with van der Waals surface area (Å²) in [6, 6.07) is 4.32. The molecular formula is C23H30N6O3. The van der Waals surface area contributed by atoms with E-state index >= 15 is 0 Å². The second kappa shape index (κ2) is 8.63. The van der Waals surface area contributed by atoms with Crippen molar-refractivity contribution in [2.45, 2.75) is 31.9 Å². The molecule has 1 spiro atoms. The van der Waals surface area contributed by atoms with E-state index in [0.29, 0.717) is 25.7 Å². The van der Waals surface area contributed by atoms with Crippen LogP contribution in [0.2, 0.25) is 0 Å². The zero-order chi connectivity index (χ0) is 22.1. The van der Waals surface area contributed by atoms with Crippen LogP contribution in [0.25, 0.3) is 11.3 Å². The molecule has 5 rings (SSSR count). The minimum absolute atomic E-state index is 0.172. The van der Waals surface area contributed by atoms with Crippen molar-refractivity contribution in [2.24, 2.45) is 5.41 Å². The Morgan fingerprint density at radius 3 is 2.72 bits per heavy atom. The molecule has 1 amide bonds. The van der Waals surface area contributed by atoms with Crippen molar-refractivity contribution in [1.29, 1.82) is 0 Å². The highest BCUT2D eigenvalue weighted by molar-refractivity contribution is 5.72. The van der Waals surface area contributed by atoms with Gasteiger partial charge >= 0.3 is 6.09 Å². The van der Waals surface area contributed by atoms with Gasteiger partial charge in [0.25, 0.3) is 0 Å². The maximum Gasteiger partial charge on any atom is 0.409 e. The number of ether oxygens (including phenoxy) is 1. The molecule has 4 heterocycles. The fourth-order valence-corrected chi connectivity index (χ4v) is 5.46. The summed E-state index contributed by atoms with van der Waals surface area (Å²) in [6.07, 6.45) is 8.04. The molecular weight excluding hydrogens is 408 g/mol. The molecule has 1 saturated carbocycles. The Balaban J connectivity index is 1.20. The first-order valence-electron chi connectivity index (χ1n) is 11.4. The Bertz CT molecular complexity index is 944. The van der Waals surface area contributed by atoms with Gasteiger partial charge in [-0.25, -0.2) is 9.78 Å². The molecule has 2 atom stereocenters. The lowest BCUT2D eigenvalue weighted by molar-refractivity contribution is -0.0656. The number of amides is 1. The van der Waals surface area contributed by atoms with Crippen molar-refractivity contribution in [2.75, 3.05) is 50.8 Å². The quantitative estimate of drug-likeness (QED) is 0.770. The molecule has 3 aliphatic rings. The van der Waals surface area contributed by atoms with E-state index in [0.717, 1.165) is 56.1 Å². The Hall–Kier alpha value is -2.78. The van der Waals surface area contributed by atoms with E-state index in [1.165, 1.54) is 0 Å². The van der Waals surface area contributed by atoms with E-state index in [1.807, 2.05) is 25.3 Å². The van der Waals surface area contributed by atoms with Crippen molar-refractivity contribution >= 4 is 11.9 Å². The predicted octanol–water partition coefficient (Wildman–Crippen LogP) is 1.64. The zero-order valence-electron chi connectivity index (χ0n) is 18.4. The van der Waals surface area contributed by atoms with Crippen LogP contribution < -0.4 is 4.90 Å². The van der Waals surface area contributed by atoms with E-state index in [9.17, 15) is 9.90 Å². The molecule has 1 N–H and O–H groups in total. The highest BCUT2D eigenvalue weighted by Crippen LogP contribution is 2.47. The van der Waals surface area contributed by atoms with Gasteiger partial charge in [0.15, 0.2) is 0 Å². The summed E-state index contributed by atoms with van der Waals surface area (Å²) in [5.41, 5.74) is 1.65. The van der Waals surface area contributed by atoms with Gasteiger partial charge in [0.05, 0.1) is 24.6 Å². The number of aliphatic hydroxyl groups is 1. The largest absolute Gasteiger partial charge is 0.450 e. The minimum atomic E-state index is -0.366. The van der Waals surface area contributed by atoms with Crippen LogP contribution in [0, 0.1) is 5.41 Å². The van der Waals surface area contributed by atoms with Gasteiger partial charge in [0.1, 0.15) is 5.82 Å². The third-order valence-corrected chi connectivity index (χ3v) is 7.14. The molecule has 9 nitrogen and oxygen atoms in total. The molecule has 0 aromatic carbocycles. The number of aromatic nitrogens is 3. The number of carbonyl (C=O) groups excluding carboxylic acids is 1. The van der Waals surface area contributed by atoms with Gasteiger partial charge in [-0.1, -0.05) is 0 Å². The van der Waals surface area contributed by atoms with E-state index in [1.54, 1.807) is 23.5 Å². The first-order chi connectivity index (χ1) is 15.6. The summed E-state index contributed by atoms with van der Waals surface area (Å²) in [5, 5.41) is 10.8. The van der Waals surface area contributed by atoms with Crippen LogP contribution in [0.1, 0.15) is 19.8 Å². The number of piperazine rings is 1. The number of carbonyl (C=O) groups is 1. The van der Waals surface area contributed by atoms with Gasteiger partial charge in [-0.2, -0.15) is 0 Å². The molecule has 2 saturated heterocycles. The van der Waals surface area contributed by atoms with Crippen molar-refractivity contribution in [3.8, 4) is 11.3 Å². The topological polar surface area (TPSA) is 94.9 Å². The van der Waals surface area contributed by atoms with Crippen molar-refractivity contribution < 1.29 is 14.6 Å². The van der Waals surface area contributed by atoms with Crippen molar-refractivity contribution in [1.82, 2.24) is 24.8 Å². The summed E-state index contributed by atoms with van der Waals surface area (Å²) in [4.78, 5) is 31.8. The predicted molar refractivity (Wildman–Crippen MR) is 119 cm³/mol. The molecule has 2 aromatic rings. The van der Waals surface area contributed by atoms with E-state index in [2.05, 4.69) is 24.8 Å². The second-order valence-electron chi connectivity index (χ2n) is 9.02. The van der Waals surface area contributed by atoms with Gasteiger partial charge in [-0.15, -0.1) is 0 Å². The third kappa shape index (κ3) is 3.80. The lowest BCUT2D eigenvalue weighted by Gasteiger charge is -2.49. The molecule has 0 radical (unpaired) electrons. The standard InChI is InChI=1S/C23H30N6O3/c1-2-32-22(31)29-15-23(16-29)13-17(12-20(23)30)27-8-10-28(11-9-27)21-18(4-3-5-26-21)19-14-24-6-7-25-19/h3-7,14,17,20,30H,2,8-13,15-16H2,1H3. The molecule has 170 valence electrons. The molecule has 1 aliphatic carbocycles. The van der Waals surface area contributed by atoms with Gasteiger partial charge in [-0.3, -0.25) is 14.9 Å². The van der Waals surface area contributed by atoms with Crippen LogP contribution in [0.3, 0.4) is 0 Å². The van der Waals surface area contributed by atoms with E-state index in [-0.39, 0.29) is 17.6 Å². The molecule has 2 unspecified atom stereocenters. The van der Waals surface area contributed by atoms with Crippen LogP contribution in [-0.4, -0.2) is 94.0 Å². The van der Waals surface area contributed by atoms with Gasteiger partial charge < -0.3 is 19.6 Å². The average Bonchev–Trinajstić information content (AvgIpc) is 3.16. The number of anilines is 1.